The van der Waals surface area contributed by atoms with Gasteiger partial charge in [-0.05, 0) is 55.5 Å². The van der Waals surface area contributed by atoms with E-state index in [4.69, 9.17) is 0 Å². The van der Waals surface area contributed by atoms with Gasteiger partial charge < -0.3 is 4.90 Å². The fourth-order valence-electron chi connectivity index (χ4n) is 1.79. The first-order chi connectivity index (χ1) is 8.10. The van der Waals surface area contributed by atoms with Gasteiger partial charge in [-0.1, -0.05) is 22.0 Å². The summed E-state index contributed by atoms with van der Waals surface area (Å²) in [6.45, 7) is 4.48. The van der Waals surface area contributed by atoms with E-state index >= 15 is 0 Å². The van der Waals surface area contributed by atoms with Crippen LogP contribution in [0.2, 0.25) is 0 Å². The fraction of sp³-hybridized carbons (Fsp3) is 0.571. The van der Waals surface area contributed by atoms with Gasteiger partial charge in [0.25, 0.3) is 0 Å². The van der Waals surface area contributed by atoms with E-state index in [9.17, 15) is 0 Å². The van der Waals surface area contributed by atoms with Gasteiger partial charge in [0.1, 0.15) is 0 Å². The Morgan fingerprint density at radius 1 is 1.41 bits per heavy atom. The quantitative estimate of drug-likeness (QED) is 0.713. The topological polar surface area (TPSA) is 3.24 Å². The molecule has 0 spiro atoms. The molecule has 0 heterocycles. The average Bonchev–Trinajstić information content (AvgIpc) is 2.34. The summed E-state index contributed by atoms with van der Waals surface area (Å²) in [7, 11) is 2.19. The lowest BCUT2D eigenvalue weighted by Crippen LogP contribution is -2.29. The van der Waals surface area contributed by atoms with Crippen molar-refractivity contribution in [3.05, 3.63) is 29.3 Å². The predicted molar refractivity (Wildman–Crippen MR) is 84.7 cm³/mol. The lowest BCUT2D eigenvalue weighted by molar-refractivity contribution is 0.669. The summed E-state index contributed by atoms with van der Waals surface area (Å²) in [5, 5.41) is 0.935. The second kappa shape index (κ2) is 7.32. The van der Waals surface area contributed by atoms with Crippen molar-refractivity contribution in [2.24, 2.45) is 0 Å². The predicted octanol–water partition coefficient (Wildman–Crippen LogP) is 4.47. The van der Waals surface area contributed by atoms with Crippen molar-refractivity contribution in [2.45, 2.75) is 31.6 Å². The highest BCUT2D eigenvalue weighted by Crippen LogP contribution is 2.22. The van der Waals surface area contributed by atoms with E-state index in [1.807, 2.05) is 11.8 Å². The number of aryl methyl sites for hydroxylation is 1. The molecule has 0 saturated heterocycles. The Morgan fingerprint density at radius 2 is 2.12 bits per heavy atom. The molecule has 1 nitrogen and oxygen atoms in total. The normalized spacial score (nSPS) is 12.5. The Balaban J connectivity index is 2.74. The summed E-state index contributed by atoms with van der Waals surface area (Å²) >= 11 is 5.44. The zero-order valence-corrected chi connectivity index (χ0v) is 13.6. The van der Waals surface area contributed by atoms with Crippen molar-refractivity contribution >= 4 is 33.4 Å². The van der Waals surface area contributed by atoms with Crippen molar-refractivity contribution in [3.63, 3.8) is 0 Å². The summed E-state index contributed by atoms with van der Waals surface area (Å²) in [5.41, 5.74) is 4.06. The van der Waals surface area contributed by atoms with Crippen LogP contribution in [0.15, 0.2) is 18.2 Å². The first-order valence-corrected chi connectivity index (χ1v) is 8.49. The van der Waals surface area contributed by atoms with E-state index in [1.54, 1.807) is 0 Å². The molecule has 0 amide bonds. The van der Waals surface area contributed by atoms with Gasteiger partial charge in [-0.3, -0.25) is 0 Å². The molecule has 0 aliphatic heterocycles. The molecule has 17 heavy (non-hydrogen) atoms. The van der Waals surface area contributed by atoms with Crippen molar-refractivity contribution in [2.75, 3.05) is 24.0 Å². The zero-order chi connectivity index (χ0) is 12.8. The molecule has 1 rings (SSSR count). The Morgan fingerprint density at radius 3 is 2.65 bits per heavy atom. The summed E-state index contributed by atoms with van der Waals surface area (Å²) in [6.07, 6.45) is 3.40. The van der Waals surface area contributed by atoms with Gasteiger partial charge in [0.2, 0.25) is 0 Å². The van der Waals surface area contributed by atoms with Crippen molar-refractivity contribution in [1.82, 2.24) is 0 Å². The van der Waals surface area contributed by atoms with Crippen LogP contribution in [0.4, 0.5) is 5.69 Å². The maximum atomic E-state index is 3.52. The minimum absolute atomic E-state index is 0.594. The third-order valence-electron chi connectivity index (χ3n) is 3.28. The Labute approximate surface area is 118 Å². The first kappa shape index (κ1) is 14.9. The molecule has 0 radical (unpaired) electrons. The summed E-state index contributed by atoms with van der Waals surface area (Å²) in [4.78, 5) is 2.38. The maximum absolute atomic E-state index is 3.52. The molecule has 0 aliphatic carbocycles. The summed E-state index contributed by atoms with van der Waals surface area (Å²) < 4.78 is 0. The molecule has 0 aliphatic rings. The van der Waals surface area contributed by atoms with E-state index in [0.29, 0.717) is 6.04 Å². The van der Waals surface area contributed by atoms with Gasteiger partial charge >= 0.3 is 0 Å². The van der Waals surface area contributed by atoms with Gasteiger partial charge in [0, 0.05) is 24.1 Å². The Kier molecular flexibility index (Phi) is 6.42. The van der Waals surface area contributed by atoms with Crippen LogP contribution in [-0.4, -0.2) is 25.1 Å². The standard InChI is InChI=1S/C14H22BrNS/c1-11-9-14(6-5-13(11)10-15)16(3)12(2)7-8-17-4/h5-6,9,12H,7-8,10H2,1-4H3. The molecular weight excluding hydrogens is 294 g/mol. The van der Waals surface area contributed by atoms with E-state index in [-0.39, 0.29) is 0 Å². The molecule has 1 unspecified atom stereocenters. The first-order valence-electron chi connectivity index (χ1n) is 5.97. The van der Waals surface area contributed by atoms with Gasteiger partial charge in [-0.2, -0.15) is 11.8 Å². The molecule has 1 aromatic rings. The van der Waals surface area contributed by atoms with Crippen LogP contribution in [0.25, 0.3) is 0 Å². The number of benzene rings is 1. The monoisotopic (exact) mass is 315 g/mol. The Hall–Kier alpha value is -0.150. The number of alkyl halides is 1. The number of thioether (sulfide) groups is 1. The molecule has 0 bridgehead atoms. The minimum atomic E-state index is 0.594. The highest BCUT2D eigenvalue weighted by molar-refractivity contribution is 9.08. The number of halogens is 1. The molecule has 1 aromatic carbocycles. The van der Waals surface area contributed by atoms with Gasteiger partial charge in [-0.15, -0.1) is 0 Å². The van der Waals surface area contributed by atoms with Crippen LogP contribution < -0.4 is 4.90 Å². The molecule has 1 atom stereocenters. The Bertz CT molecular complexity index is 354. The van der Waals surface area contributed by atoms with Crippen LogP contribution in [0.5, 0.6) is 0 Å². The molecule has 0 N–H and O–H groups in total. The number of nitrogens with zero attached hydrogens (tertiary/aromatic N) is 1. The SMILES string of the molecule is CSCCC(C)N(C)c1ccc(CBr)c(C)c1. The number of hydrogen-bond donors (Lipinski definition) is 0. The van der Waals surface area contributed by atoms with Crippen LogP contribution in [0, 0.1) is 6.92 Å². The van der Waals surface area contributed by atoms with Gasteiger partial charge in [0.05, 0.1) is 0 Å². The van der Waals surface area contributed by atoms with Crippen molar-refractivity contribution < 1.29 is 0 Å². The second-order valence-corrected chi connectivity index (χ2v) is 6.03. The van der Waals surface area contributed by atoms with Crippen LogP contribution in [-0.2, 0) is 5.33 Å². The van der Waals surface area contributed by atoms with E-state index in [0.717, 1.165) is 5.33 Å². The summed E-state index contributed by atoms with van der Waals surface area (Å²) in [5.74, 6) is 1.23. The zero-order valence-electron chi connectivity index (χ0n) is 11.2. The largest absolute Gasteiger partial charge is 0.372 e. The lowest BCUT2D eigenvalue weighted by Gasteiger charge is -2.27. The molecular formula is C14H22BrNS. The smallest absolute Gasteiger partial charge is 0.0368 e. The molecule has 96 valence electrons. The van der Waals surface area contributed by atoms with Crippen LogP contribution in [0.3, 0.4) is 0 Å². The highest BCUT2D eigenvalue weighted by Gasteiger charge is 2.10. The molecule has 0 saturated carbocycles. The third kappa shape index (κ3) is 4.22. The van der Waals surface area contributed by atoms with E-state index in [1.165, 1.54) is 29.0 Å². The second-order valence-electron chi connectivity index (χ2n) is 4.49. The maximum Gasteiger partial charge on any atom is 0.0368 e. The average molecular weight is 316 g/mol. The van der Waals surface area contributed by atoms with E-state index < -0.39 is 0 Å². The minimum Gasteiger partial charge on any atom is -0.372 e. The van der Waals surface area contributed by atoms with Gasteiger partial charge in [0.15, 0.2) is 0 Å². The van der Waals surface area contributed by atoms with Crippen molar-refractivity contribution in [1.29, 1.82) is 0 Å². The van der Waals surface area contributed by atoms with E-state index in [2.05, 4.69) is 66.2 Å². The van der Waals surface area contributed by atoms with Gasteiger partial charge in [-0.25, -0.2) is 0 Å². The third-order valence-corrected chi connectivity index (χ3v) is 4.53. The molecule has 3 heteroatoms. The number of rotatable bonds is 6. The molecule has 0 aromatic heterocycles. The highest BCUT2D eigenvalue weighted by atomic mass is 79.9. The summed E-state index contributed by atoms with van der Waals surface area (Å²) in [6, 6.07) is 7.32. The van der Waals surface area contributed by atoms with Crippen LogP contribution in [0.1, 0.15) is 24.5 Å². The lowest BCUT2D eigenvalue weighted by atomic mass is 10.1. The van der Waals surface area contributed by atoms with Crippen LogP contribution >= 0.6 is 27.7 Å². The number of hydrogen-bond acceptors (Lipinski definition) is 2. The molecule has 0 fully saturated rings. The fourth-order valence-corrected chi connectivity index (χ4v) is 2.99. The van der Waals surface area contributed by atoms with Crippen molar-refractivity contribution in [3.8, 4) is 0 Å². The number of anilines is 1.